The molecule has 110 valence electrons. The van der Waals surface area contributed by atoms with Crippen molar-refractivity contribution in [3.05, 3.63) is 19.2 Å². The number of hydrogen-bond acceptors (Lipinski definition) is 4. The molecular formula is C15H19IO2S2. The van der Waals surface area contributed by atoms with Gasteiger partial charge in [0.15, 0.2) is 0 Å². The van der Waals surface area contributed by atoms with Crippen LogP contribution in [0.25, 0.3) is 10.1 Å². The van der Waals surface area contributed by atoms with E-state index in [0.717, 1.165) is 21.3 Å². The van der Waals surface area contributed by atoms with E-state index in [9.17, 15) is 4.79 Å². The van der Waals surface area contributed by atoms with Crippen LogP contribution in [-0.4, -0.2) is 12.6 Å². The van der Waals surface area contributed by atoms with Crippen molar-refractivity contribution >= 4 is 61.3 Å². The highest BCUT2D eigenvalue weighted by atomic mass is 127. The molecule has 1 unspecified atom stereocenters. The lowest BCUT2D eigenvalue weighted by atomic mass is 10.0. The molecule has 20 heavy (non-hydrogen) atoms. The summed E-state index contributed by atoms with van der Waals surface area (Å²) >= 11 is 5.47. The summed E-state index contributed by atoms with van der Waals surface area (Å²) in [5.74, 6) is 0.340. The normalized spacial score (nSPS) is 12.8. The Bertz CT molecular complexity index is 573. The van der Waals surface area contributed by atoms with Crippen molar-refractivity contribution in [1.82, 2.24) is 0 Å². The van der Waals surface area contributed by atoms with E-state index in [4.69, 9.17) is 4.74 Å². The van der Waals surface area contributed by atoms with Crippen LogP contribution in [0.2, 0.25) is 0 Å². The van der Waals surface area contributed by atoms with Gasteiger partial charge < -0.3 is 4.74 Å². The summed E-state index contributed by atoms with van der Waals surface area (Å²) in [6.07, 6.45) is 4.63. The molecule has 5 heteroatoms. The van der Waals surface area contributed by atoms with Crippen LogP contribution in [0.1, 0.15) is 49.2 Å². The number of thiophene rings is 2. The molecule has 0 saturated heterocycles. The Balaban J connectivity index is 1.97. The van der Waals surface area contributed by atoms with Crippen LogP contribution in [0.15, 0.2) is 10.8 Å². The van der Waals surface area contributed by atoms with Crippen LogP contribution >= 0.6 is 45.3 Å². The van der Waals surface area contributed by atoms with Gasteiger partial charge in [-0.25, -0.2) is 4.79 Å². The zero-order valence-electron chi connectivity index (χ0n) is 11.8. The van der Waals surface area contributed by atoms with E-state index in [1.165, 1.54) is 22.9 Å². The monoisotopic (exact) mass is 422 g/mol. The van der Waals surface area contributed by atoms with E-state index in [1.54, 1.807) is 22.7 Å². The van der Waals surface area contributed by atoms with Gasteiger partial charge in [-0.15, -0.1) is 11.3 Å². The zero-order valence-corrected chi connectivity index (χ0v) is 15.6. The van der Waals surface area contributed by atoms with E-state index in [-0.39, 0.29) is 5.97 Å². The summed E-state index contributed by atoms with van der Waals surface area (Å²) in [5.41, 5.74) is 0. The quantitative estimate of drug-likeness (QED) is 0.408. The summed E-state index contributed by atoms with van der Waals surface area (Å²) in [6.45, 7) is 4.91. The largest absolute Gasteiger partial charge is 0.461 e. The lowest BCUT2D eigenvalue weighted by Gasteiger charge is -2.14. The summed E-state index contributed by atoms with van der Waals surface area (Å²) in [7, 11) is 0. The number of unbranched alkanes of at least 4 members (excludes halogenated alkanes) is 1. The number of carbonyl (C=O) groups is 1. The highest BCUT2D eigenvalue weighted by Gasteiger charge is 2.19. The zero-order chi connectivity index (χ0) is 14.5. The van der Waals surface area contributed by atoms with Gasteiger partial charge in [0, 0.05) is 24.4 Å². The third-order valence-electron chi connectivity index (χ3n) is 3.45. The minimum absolute atomic E-state index is 0.157. The average Bonchev–Trinajstić information content (AvgIpc) is 3.02. The van der Waals surface area contributed by atoms with Gasteiger partial charge in [0.25, 0.3) is 0 Å². The molecule has 0 aliphatic heterocycles. The van der Waals surface area contributed by atoms with E-state index in [1.807, 2.05) is 0 Å². The lowest BCUT2D eigenvalue weighted by molar-refractivity contribution is 0.0433. The molecule has 0 aliphatic rings. The van der Waals surface area contributed by atoms with Crippen LogP contribution in [0, 0.1) is 9.49 Å². The lowest BCUT2D eigenvalue weighted by Crippen LogP contribution is -2.13. The van der Waals surface area contributed by atoms with E-state index in [2.05, 4.69) is 47.2 Å². The second-order valence-electron chi connectivity index (χ2n) is 4.91. The standard InChI is InChI=1S/C15H19IO2S2/c1-3-5-6-10(4-2)7-18-15(17)14-13(16)11-8-19-9-12(11)20-14/h8-10H,3-7H2,1-2H3. The van der Waals surface area contributed by atoms with Crippen molar-refractivity contribution in [1.29, 1.82) is 0 Å². The van der Waals surface area contributed by atoms with Gasteiger partial charge in [0.1, 0.15) is 4.88 Å². The first-order chi connectivity index (χ1) is 9.67. The molecule has 0 saturated carbocycles. The number of ether oxygens (including phenoxy) is 1. The third-order valence-corrected chi connectivity index (χ3v) is 6.96. The van der Waals surface area contributed by atoms with Crippen molar-refractivity contribution in [3.8, 4) is 0 Å². The molecular weight excluding hydrogens is 403 g/mol. The first-order valence-electron chi connectivity index (χ1n) is 6.98. The molecule has 1 atom stereocenters. The number of rotatable bonds is 7. The molecule has 2 heterocycles. The molecule has 0 aromatic carbocycles. The van der Waals surface area contributed by atoms with Gasteiger partial charge in [-0.1, -0.05) is 33.1 Å². The van der Waals surface area contributed by atoms with Crippen molar-refractivity contribution in [2.45, 2.75) is 39.5 Å². The first kappa shape index (κ1) is 16.2. The summed E-state index contributed by atoms with van der Waals surface area (Å²) in [4.78, 5) is 13.0. The van der Waals surface area contributed by atoms with E-state index >= 15 is 0 Å². The van der Waals surface area contributed by atoms with Gasteiger partial charge in [-0.05, 0) is 34.9 Å². The topological polar surface area (TPSA) is 26.3 Å². The van der Waals surface area contributed by atoms with E-state index < -0.39 is 0 Å². The van der Waals surface area contributed by atoms with Crippen LogP contribution in [-0.2, 0) is 4.74 Å². The fourth-order valence-corrected chi connectivity index (χ4v) is 5.45. The van der Waals surface area contributed by atoms with Gasteiger partial charge in [0.05, 0.1) is 6.61 Å². The minimum atomic E-state index is -0.157. The second kappa shape index (κ2) is 7.75. The Hall–Kier alpha value is -0.140. The Kier molecular flexibility index (Phi) is 6.29. The van der Waals surface area contributed by atoms with E-state index in [0.29, 0.717) is 12.5 Å². The fourth-order valence-electron chi connectivity index (χ4n) is 2.09. The maximum absolute atomic E-state index is 12.2. The predicted octanol–water partition coefficient (Wildman–Crippen LogP) is 5.94. The SMILES string of the molecule is CCCCC(CC)COC(=O)c1sc2cscc2c1I. The predicted molar refractivity (Wildman–Crippen MR) is 96.0 cm³/mol. The minimum Gasteiger partial charge on any atom is -0.461 e. The Morgan fingerprint density at radius 1 is 1.40 bits per heavy atom. The number of fused-ring (bicyclic) bond motifs is 1. The Morgan fingerprint density at radius 2 is 2.20 bits per heavy atom. The summed E-state index contributed by atoms with van der Waals surface area (Å²) in [6, 6.07) is 0. The number of halogens is 1. The van der Waals surface area contributed by atoms with Crippen molar-refractivity contribution < 1.29 is 9.53 Å². The molecule has 2 aromatic heterocycles. The first-order valence-corrected chi connectivity index (χ1v) is 9.82. The maximum atomic E-state index is 12.2. The molecule has 0 bridgehead atoms. The summed E-state index contributed by atoms with van der Waals surface area (Å²) < 4.78 is 7.75. The molecule has 0 amide bonds. The highest BCUT2D eigenvalue weighted by molar-refractivity contribution is 14.1. The molecule has 0 spiro atoms. The second-order valence-corrected chi connectivity index (χ2v) is 7.78. The van der Waals surface area contributed by atoms with Crippen LogP contribution in [0.5, 0.6) is 0 Å². The maximum Gasteiger partial charge on any atom is 0.349 e. The molecule has 2 nitrogen and oxygen atoms in total. The smallest absolute Gasteiger partial charge is 0.349 e. The molecule has 0 fully saturated rings. The molecule has 0 aliphatic carbocycles. The van der Waals surface area contributed by atoms with Crippen molar-refractivity contribution in [2.24, 2.45) is 5.92 Å². The number of carbonyl (C=O) groups excluding carboxylic acids is 1. The van der Waals surface area contributed by atoms with Crippen LogP contribution < -0.4 is 0 Å². The van der Waals surface area contributed by atoms with Gasteiger partial charge in [0.2, 0.25) is 0 Å². The van der Waals surface area contributed by atoms with Crippen molar-refractivity contribution in [2.75, 3.05) is 6.61 Å². The Labute approximate surface area is 141 Å². The number of esters is 1. The van der Waals surface area contributed by atoms with Crippen LogP contribution in [0.3, 0.4) is 0 Å². The Morgan fingerprint density at radius 3 is 2.85 bits per heavy atom. The molecule has 2 aromatic rings. The molecule has 2 rings (SSSR count). The van der Waals surface area contributed by atoms with Gasteiger partial charge >= 0.3 is 5.97 Å². The van der Waals surface area contributed by atoms with Crippen LogP contribution in [0.4, 0.5) is 0 Å². The van der Waals surface area contributed by atoms with Crippen molar-refractivity contribution in [3.63, 3.8) is 0 Å². The highest BCUT2D eigenvalue weighted by Crippen LogP contribution is 2.35. The third kappa shape index (κ3) is 3.74. The molecule has 0 N–H and O–H groups in total. The van der Waals surface area contributed by atoms with Gasteiger partial charge in [-0.3, -0.25) is 0 Å². The summed E-state index contributed by atoms with van der Waals surface area (Å²) in [5, 5.41) is 5.38. The van der Waals surface area contributed by atoms with Gasteiger partial charge in [-0.2, -0.15) is 11.3 Å². The number of hydrogen-bond donors (Lipinski definition) is 0. The average molecular weight is 422 g/mol. The fraction of sp³-hybridized carbons (Fsp3) is 0.533. The molecule has 0 radical (unpaired) electrons.